The first-order valence-electron chi connectivity index (χ1n) is 8.54. The summed E-state index contributed by atoms with van der Waals surface area (Å²) < 4.78 is 0. The van der Waals surface area contributed by atoms with Crippen LogP contribution in [0.5, 0.6) is 0 Å². The quantitative estimate of drug-likeness (QED) is 0.632. The number of aryl methyl sites for hydroxylation is 1. The van der Waals surface area contributed by atoms with E-state index in [0.29, 0.717) is 11.6 Å². The van der Waals surface area contributed by atoms with Gasteiger partial charge in [0.2, 0.25) is 11.9 Å². The molecule has 0 radical (unpaired) electrons. The van der Waals surface area contributed by atoms with Gasteiger partial charge in [0.25, 0.3) is 0 Å². The fourth-order valence-electron chi connectivity index (χ4n) is 3.06. The molecular weight excluding hydrogens is 326 g/mol. The molecule has 0 spiro atoms. The summed E-state index contributed by atoms with van der Waals surface area (Å²) >= 11 is 0. The molecule has 1 aliphatic rings. The molecule has 2 heterocycles. The van der Waals surface area contributed by atoms with Crippen LogP contribution < -0.4 is 16.4 Å². The van der Waals surface area contributed by atoms with E-state index in [1.807, 2.05) is 36.4 Å². The minimum absolute atomic E-state index is 0.0607. The summed E-state index contributed by atoms with van der Waals surface area (Å²) in [6.07, 6.45) is 2.88. The molecule has 0 unspecified atom stereocenters. The summed E-state index contributed by atoms with van der Waals surface area (Å²) in [6.45, 7) is 2.10. The molecule has 2 aromatic carbocycles. The van der Waals surface area contributed by atoms with Gasteiger partial charge in [-0.3, -0.25) is 4.79 Å². The first-order chi connectivity index (χ1) is 12.6. The molecule has 26 heavy (non-hydrogen) atoms. The van der Waals surface area contributed by atoms with E-state index in [9.17, 15) is 4.79 Å². The molecule has 0 fully saturated rings. The second kappa shape index (κ2) is 6.48. The van der Waals surface area contributed by atoms with Gasteiger partial charge in [-0.1, -0.05) is 19.1 Å². The van der Waals surface area contributed by atoms with E-state index in [-0.39, 0.29) is 12.3 Å². The van der Waals surface area contributed by atoms with Gasteiger partial charge in [0, 0.05) is 28.7 Å². The lowest BCUT2D eigenvalue weighted by Gasteiger charge is -2.12. The Morgan fingerprint density at radius 2 is 2.12 bits per heavy atom. The molecule has 1 amide bonds. The fraction of sp³-hybridized carbons (Fsp3) is 0.150. The van der Waals surface area contributed by atoms with Crippen LogP contribution in [0, 0.1) is 0 Å². The smallest absolute Gasteiger partial charge is 0.228 e. The topological polar surface area (TPSA) is 92.9 Å². The van der Waals surface area contributed by atoms with Crippen molar-refractivity contribution in [3.63, 3.8) is 0 Å². The largest absolute Gasteiger partial charge is 0.399 e. The SMILES string of the molecule is CCc1ccc2c(c1)-c1nc(Nc3cccc(N)c3)ncc1CC(=O)N2. The van der Waals surface area contributed by atoms with Gasteiger partial charge in [0.05, 0.1) is 17.8 Å². The number of hydrogen-bond acceptors (Lipinski definition) is 5. The molecule has 4 N–H and O–H groups in total. The predicted molar refractivity (Wildman–Crippen MR) is 103 cm³/mol. The van der Waals surface area contributed by atoms with Crippen molar-refractivity contribution in [3.8, 4) is 11.3 Å². The number of nitrogen functional groups attached to an aromatic ring is 1. The molecule has 6 heteroatoms. The number of nitrogens with two attached hydrogens (primary N) is 1. The van der Waals surface area contributed by atoms with Crippen LogP contribution in [0.4, 0.5) is 23.0 Å². The average molecular weight is 345 g/mol. The number of hydrogen-bond donors (Lipinski definition) is 3. The maximum atomic E-state index is 12.2. The van der Waals surface area contributed by atoms with Gasteiger partial charge in [-0.25, -0.2) is 9.97 Å². The highest BCUT2D eigenvalue weighted by molar-refractivity contribution is 6.00. The molecule has 1 aliphatic heterocycles. The van der Waals surface area contributed by atoms with Crippen molar-refractivity contribution >= 4 is 28.9 Å². The summed E-state index contributed by atoms with van der Waals surface area (Å²) in [7, 11) is 0. The number of carbonyl (C=O) groups is 1. The number of nitrogens with one attached hydrogen (secondary N) is 2. The Morgan fingerprint density at radius 1 is 1.23 bits per heavy atom. The Balaban J connectivity index is 1.80. The normalized spacial score (nSPS) is 12.6. The van der Waals surface area contributed by atoms with Crippen molar-refractivity contribution in [1.29, 1.82) is 0 Å². The van der Waals surface area contributed by atoms with E-state index in [1.165, 1.54) is 5.56 Å². The summed E-state index contributed by atoms with van der Waals surface area (Å²) in [4.78, 5) is 21.2. The van der Waals surface area contributed by atoms with Crippen LogP contribution in [0.1, 0.15) is 18.1 Å². The highest BCUT2D eigenvalue weighted by atomic mass is 16.1. The van der Waals surface area contributed by atoms with Gasteiger partial charge in [-0.05, 0) is 42.3 Å². The van der Waals surface area contributed by atoms with E-state index in [0.717, 1.165) is 34.6 Å². The zero-order chi connectivity index (χ0) is 18.1. The number of anilines is 4. The molecule has 4 rings (SSSR count). The summed E-state index contributed by atoms with van der Waals surface area (Å²) in [5.41, 5.74) is 11.8. The van der Waals surface area contributed by atoms with Gasteiger partial charge in [0.1, 0.15) is 0 Å². The summed E-state index contributed by atoms with van der Waals surface area (Å²) in [6, 6.07) is 13.5. The molecule has 0 bridgehead atoms. The zero-order valence-electron chi connectivity index (χ0n) is 14.4. The number of rotatable bonds is 3. The van der Waals surface area contributed by atoms with Crippen LogP contribution in [0.25, 0.3) is 11.3 Å². The second-order valence-corrected chi connectivity index (χ2v) is 6.28. The Labute approximate surface area is 151 Å². The van der Waals surface area contributed by atoms with Gasteiger partial charge in [-0.2, -0.15) is 0 Å². The van der Waals surface area contributed by atoms with Gasteiger partial charge < -0.3 is 16.4 Å². The molecule has 0 saturated heterocycles. The fourth-order valence-corrected chi connectivity index (χ4v) is 3.06. The van der Waals surface area contributed by atoms with Crippen molar-refractivity contribution < 1.29 is 4.79 Å². The Kier molecular flexibility index (Phi) is 4.01. The van der Waals surface area contributed by atoms with Gasteiger partial charge >= 0.3 is 0 Å². The highest BCUT2D eigenvalue weighted by Gasteiger charge is 2.21. The standard InChI is InChI=1S/C20H19N5O/c1-2-12-6-7-17-16(8-12)19-13(9-18(26)24-17)11-22-20(25-19)23-15-5-3-4-14(21)10-15/h3-8,10-11H,2,9,21H2,1H3,(H,24,26)(H,22,23,25). The lowest BCUT2D eigenvalue weighted by molar-refractivity contribution is -0.115. The van der Waals surface area contributed by atoms with Crippen molar-refractivity contribution in [2.45, 2.75) is 19.8 Å². The van der Waals surface area contributed by atoms with E-state index in [2.05, 4.69) is 28.6 Å². The molecule has 0 saturated carbocycles. The average Bonchev–Trinajstić information content (AvgIpc) is 2.76. The number of benzene rings is 2. The van der Waals surface area contributed by atoms with Crippen molar-refractivity contribution in [2.24, 2.45) is 0 Å². The third-order valence-electron chi connectivity index (χ3n) is 4.38. The zero-order valence-corrected chi connectivity index (χ0v) is 14.4. The van der Waals surface area contributed by atoms with Crippen molar-refractivity contribution in [3.05, 3.63) is 59.8 Å². The molecule has 1 aromatic heterocycles. The lowest BCUT2D eigenvalue weighted by atomic mass is 10.0. The minimum Gasteiger partial charge on any atom is -0.399 e. The maximum Gasteiger partial charge on any atom is 0.228 e. The molecule has 3 aromatic rings. The highest BCUT2D eigenvalue weighted by Crippen LogP contribution is 2.34. The van der Waals surface area contributed by atoms with Crippen LogP contribution >= 0.6 is 0 Å². The van der Waals surface area contributed by atoms with E-state index in [4.69, 9.17) is 10.7 Å². The predicted octanol–water partition coefficient (Wildman–Crippen LogP) is 3.53. The molecule has 0 aliphatic carbocycles. The first-order valence-corrected chi connectivity index (χ1v) is 8.54. The second-order valence-electron chi connectivity index (χ2n) is 6.28. The van der Waals surface area contributed by atoms with Crippen molar-refractivity contribution in [2.75, 3.05) is 16.4 Å². The molecule has 6 nitrogen and oxygen atoms in total. The number of carbonyl (C=O) groups excluding carboxylic acids is 1. The lowest BCUT2D eigenvalue weighted by Crippen LogP contribution is -2.12. The van der Waals surface area contributed by atoms with Gasteiger partial charge in [-0.15, -0.1) is 0 Å². The number of nitrogens with zero attached hydrogens (tertiary/aromatic N) is 2. The van der Waals surface area contributed by atoms with Crippen LogP contribution in [0.3, 0.4) is 0 Å². The van der Waals surface area contributed by atoms with Crippen LogP contribution in [0.15, 0.2) is 48.7 Å². The Bertz CT molecular complexity index is 999. The van der Waals surface area contributed by atoms with E-state index >= 15 is 0 Å². The molecule has 130 valence electrons. The number of aromatic nitrogens is 2. The number of amides is 1. The molecule has 0 atom stereocenters. The number of fused-ring (bicyclic) bond motifs is 3. The van der Waals surface area contributed by atoms with E-state index < -0.39 is 0 Å². The Hall–Kier alpha value is -3.41. The van der Waals surface area contributed by atoms with Crippen LogP contribution in [-0.4, -0.2) is 15.9 Å². The first kappa shape index (κ1) is 16.1. The third-order valence-corrected chi connectivity index (χ3v) is 4.38. The molecular formula is C20H19N5O. The van der Waals surface area contributed by atoms with Crippen LogP contribution in [0.2, 0.25) is 0 Å². The van der Waals surface area contributed by atoms with E-state index in [1.54, 1.807) is 6.20 Å². The minimum atomic E-state index is -0.0607. The van der Waals surface area contributed by atoms with Crippen molar-refractivity contribution in [1.82, 2.24) is 9.97 Å². The monoisotopic (exact) mass is 345 g/mol. The van der Waals surface area contributed by atoms with Crippen LogP contribution in [-0.2, 0) is 17.6 Å². The summed E-state index contributed by atoms with van der Waals surface area (Å²) in [5, 5.41) is 6.13. The summed E-state index contributed by atoms with van der Waals surface area (Å²) in [5.74, 6) is 0.408. The van der Waals surface area contributed by atoms with Gasteiger partial charge in [0.15, 0.2) is 0 Å². The third kappa shape index (κ3) is 3.09. The maximum absolute atomic E-state index is 12.2. The Morgan fingerprint density at radius 3 is 2.92 bits per heavy atom.